The summed E-state index contributed by atoms with van der Waals surface area (Å²) in [6.07, 6.45) is 1.63. The van der Waals surface area contributed by atoms with Crippen molar-refractivity contribution in [1.82, 2.24) is 9.66 Å². The maximum absolute atomic E-state index is 13.0. The second-order valence-corrected chi connectivity index (χ2v) is 6.50. The highest BCUT2D eigenvalue weighted by Crippen LogP contribution is 2.17. The topological polar surface area (TPSA) is 56.5 Å². The second-order valence-electron chi connectivity index (χ2n) is 6.06. The molecule has 0 saturated heterocycles. The van der Waals surface area contributed by atoms with Crippen LogP contribution in [0.25, 0.3) is 10.9 Å². The molecule has 4 rings (SSSR count). The second kappa shape index (κ2) is 8.06. The minimum absolute atomic E-state index is 0.0911. The van der Waals surface area contributed by atoms with Crippen molar-refractivity contribution in [3.8, 4) is 5.75 Å². The van der Waals surface area contributed by atoms with Crippen molar-refractivity contribution in [2.45, 2.75) is 6.61 Å². The molecule has 28 heavy (non-hydrogen) atoms. The van der Waals surface area contributed by atoms with Crippen LogP contribution in [0.3, 0.4) is 0 Å². The molecular weight excluding hydrogens is 374 g/mol. The van der Waals surface area contributed by atoms with Crippen LogP contribution in [0.2, 0.25) is 5.02 Å². The zero-order valence-corrected chi connectivity index (χ0v) is 15.6. The van der Waals surface area contributed by atoms with Crippen LogP contribution in [0.15, 0.2) is 88.8 Å². The van der Waals surface area contributed by atoms with Gasteiger partial charge in [0.2, 0.25) is 0 Å². The van der Waals surface area contributed by atoms with E-state index in [9.17, 15) is 4.79 Å². The highest BCUT2D eigenvalue weighted by atomic mass is 35.5. The molecule has 0 spiro atoms. The van der Waals surface area contributed by atoms with Crippen LogP contribution < -0.4 is 10.3 Å². The fourth-order valence-corrected chi connectivity index (χ4v) is 2.85. The van der Waals surface area contributed by atoms with Gasteiger partial charge in [-0.25, -0.2) is 4.98 Å². The number of fused-ring (bicyclic) bond motifs is 1. The Balaban J connectivity index is 1.73. The summed E-state index contributed by atoms with van der Waals surface area (Å²) < 4.78 is 7.07. The lowest BCUT2D eigenvalue weighted by Crippen LogP contribution is -2.23. The van der Waals surface area contributed by atoms with Crippen LogP contribution >= 0.6 is 11.6 Å². The molecule has 1 heterocycles. The number of hydrogen-bond acceptors (Lipinski definition) is 4. The van der Waals surface area contributed by atoms with Crippen LogP contribution in [0, 0.1) is 0 Å². The van der Waals surface area contributed by atoms with Crippen molar-refractivity contribution in [1.29, 1.82) is 0 Å². The lowest BCUT2D eigenvalue weighted by molar-refractivity contribution is 0.289. The van der Waals surface area contributed by atoms with E-state index < -0.39 is 0 Å². The Hall–Kier alpha value is -3.44. The molecule has 6 heteroatoms. The Morgan fingerprint density at radius 3 is 2.46 bits per heavy atom. The number of hydrogen-bond donors (Lipinski definition) is 0. The average Bonchev–Trinajstić information content (AvgIpc) is 2.74. The van der Waals surface area contributed by atoms with E-state index in [0.29, 0.717) is 27.5 Å². The normalized spacial score (nSPS) is 11.2. The molecule has 0 radical (unpaired) electrons. The van der Waals surface area contributed by atoms with Gasteiger partial charge in [0.15, 0.2) is 5.82 Å². The van der Waals surface area contributed by atoms with E-state index in [4.69, 9.17) is 16.3 Å². The Morgan fingerprint density at radius 2 is 1.68 bits per heavy atom. The van der Waals surface area contributed by atoms with Gasteiger partial charge in [0, 0.05) is 5.02 Å². The summed E-state index contributed by atoms with van der Waals surface area (Å²) in [5.74, 6) is 1.04. The first-order chi connectivity index (χ1) is 13.7. The molecule has 0 bridgehead atoms. The lowest BCUT2D eigenvalue weighted by Gasteiger charge is -2.10. The summed E-state index contributed by atoms with van der Waals surface area (Å²) in [6.45, 7) is 0.0911. The minimum atomic E-state index is -0.243. The molecule has 0 aliphatic carbocycles. The number of rotatable bonds is 5. The lowest BCUT2D eigenvalue weighted by atomic mass is 10.2. The Bertz CT molecular complexity index is 1190. The number of halogens is 1. The van der Waals surface area contributed by atoms with Crippen molar-refractivity contribution >= 4 is 28.7 Å². The largest absolute Gasteiger partial charge is 0.486 e. The quantitative estimate of drug-likeness (QED) is 0.472. The maximum atomic E-state index is 13.0. The number of nitrogens with zero attached hydrogens (tertiary/aromatic N) is 3. The van der Waals surface area contributed by atoms with E-state index in [1.165, 1.54) is 4.68 Å². The van der Waals surface area contributed by atoms with Gasteiger partial charge in [0.25, 0.3) is 5.56 Å². The van der Waals surface area contributed by atoms with Gasteiger partial charge in [-0.3, -0.25) is 4.79 Å². The van der Waals surface area contributed by atoms with Gasteiger partial charge in [0.1, 0.15) is 12.4 Å². The fraction of sp³-hybridized carbons (Fsp3) is 0.0455. The van der Waals surface area contributed by atoms with Crippen molar-refractivity contribution in [2.24, 2.45) is 5.10 Å². The summed E-state index contributed by atoms with van der Waals surface area (Å²) in [5.41, 5.74) is 1.24. The third-order valence-electron chi connectivity index (χ3n) is 4.12. The van der Waals surface area contributed by atoms with Gasteiger partial charge in [0.05, 0.1) is 17.1 Å². The highest BCUT2D eigenvalue weighted by Gasteiger charge is 2.11. The van der Waals surface area contributed by atoms with Crippen LogP contribution in [0.5, 0.6) is 5.75 Å². The zero-order chi connectivity index (χ0) is 19.3. The molecule has 4 aromatic rings. The van der Waals surface area contributed by atoms with Crippen LogP contribution in [-0.4, -0.2) is 15.9 Å². The number of benzene rings is 3. The monoisotopic (exact) mass is 389 g/mol. The molecule has 0 aliphatic rings. The van der Waals surface area contributed by atoms with Gasteiger partial charge in [-0.1, -0.05) is 54.1 Å². The van der Waals surface area contributed by atoms with Crippen molar-refractivity contribution in [3.63, 3.8) is 0 Å². The number of aromatic nitrogens is 2. The zero-order valence-electron chi connectivity index (χ0n) is 14.8. The van der Waals surface area contributed by atoms with Crippen LogP contribution in [0.1, 0.15) is 11.4 Å². The smallest absolute Gasteiger partial charge is 0.282 e. The minimum Gasteiger partial charge on any atom is -0.486 e. The maximum Gasteiger partial charge on any atom is 0.282 e. The molecule has 0 aliphatic heterocycles. The first-order valence-electron chi connectivity index (χ1n) is 8.69. The highest BCUT2D eigenvalue weighted by molar-refractivity contribution is 6.30. The van der Waals surface area contributed by atoms with Crippen LogP contribution in [-0.2, 0) is 6.61 Å². The molecular formula is C22H16ClN3O2. The molecule has 138 valence electrons. The van der Waals surface area contributed by atoms with E-state index >= 15 is 0 Å². The summed E-state index contributed by atoms with van der Waals surface area (Å²) >= 11 is 5.91. The summed E-state index contributed by atoms with van der Waals surface area (Å²) in [4.78, 5) is 17.5. The summed E-state index contributed by atoms with van der Waals surface area (Å²) in [7, 11) is 0. The molecule has 0 unspecified atom stereocenters. The first-order valence-corrected chi connectivity index (χ1v) is 9.07. The average molecular weight is 390 g/mol. The first kappa shape index (κ1) is 17.9. The number of para-hydroxylation sites is 1. The fourth-order valence-electron chi connectivity index (χ4n) is 2.72. The molecule has 1 aromatic heterocycles. The molecule has 0 N–H and O–H groups in total. The van der Waals surface area contributed by atoms with E-state index in [1.807, 2.05) is 36.4 Å². The van der Waals surface area contributed by atoms with Gasteiger partial charge >= 0.3 is 0 Å². The van der Waals surface area contributed by atoms with E-state index in [1.54, 1.807) is 48.7 Å². The van der Waals surface area contributed by atoms with Gasteiger partial charge in [-0.15, -0.1) is 0 Å². The Morgan fingerprint density at radius 1 is 0.964 bits per heavy atom. The number of ether oxygens (including phenoxy) is 1. The van der Waals surface area contributed by atoms with Gasteiger partial charge in [-0.05, 0) is 42.0 Å². The van der Waals surface area contributed by atoms with E-state index in [-0.39, 0.29) is 12.2 Å². The molecule has 0 amide bonds. The summed E-state index contributed by atoms with van der Waals surface area (Å²) in [6, 6.07) is 23.8. The van der Waals surface area contributed by atoms with E-state index in [2.05, 4.69) is 10.1 Å². The standard InChI is InChI=1S/C22H16ClN3O2/c23-17-10-12-18(13-11-17)28-15-21-25-20-9-5-4-8-19(20)22(27)26(21)24-14-16-6-2-1-3-7-16/h1-14H,15H2/b24-14+. The van der Waals surface area contributed by atoms with Gasteiger partial charge in [-0.2, -0.15) is 9.78 Å². The molecule has 0 fully saturated rings. The Kier molecular flexibility index (Phi) is 5.17. The van der Waals surface area contributed by atoms with Gasteiger partial charge < -0.3 is 4.74 Å². The predicted octanol–water partition coefficient (Wildman–Crippen LogP) is 4.51. The predicted molar refractivity (Wildman–Crippen MR) is 111 cm³/mol. The molecule has 0 saturated carbocycles. The molecule has 3 aromatic carbocycles. The third kappa shape index (κ3) is 3.94. The SMILES string of the molecule is O=c1c2ccccc2nc(COc2ccc(Cl)cc2)n1/N=C/c1ccccc1. The van der Waals surface area contributed by atoms with E-state index in [0.717, 1.165) is 5.56 Å². The van der Waals surface area contributed by atoms with Crippen molar-refractivity contribution in [2.75, 3.05) is 0 Å². The van der Waals surface area contributed by atoms with Crippen LogP contribution in [0.4, 0.5) is 0 Å². The molecule has 5 nitrogen and oxygen atoms in total. The summed E-state index contributed by atoms with van der Waals surface area (Å²) in [5, 5.41) is 5.50. The third-order valence-corrected chi connectivity index (χ3v) is 4.38. The van der Waals surface area contributed by atoms with Crippen molar-refractivity contribution < 1.29 is 4.74 Å². The molecule has 0 atom stereocenters. The van der Waals surface area contributed by atoms with Crippen molar-refractivity contribution in [3.05, 3.63) is 106 Å². The Labute approximate surface area is 166 Å².